The number of hydrogen-bond donors (Lipinski definition) is 2. The molecule has 0 spiro atoms. The summed E-state index contributed by atoms with van der Waals surface area (Å²) in [5, 5.41) is 19.7. The number of carbonyl (C=O) groups is 2. The second kappa shape index (κ2) is 6.69. The Kier molecular flexibility index (Phi) is 4.69. The van der Waals surface area contributed by atoms with Gasteiger partial charge in [-0.3, -0.25) is 24.4 Å². The van der Waals surface area contributed by atoms with Crippen molar-refractivity contribution in [1.82, 2.24) is 15.1 Å². The first-order valence-electron chi connectivity index (χ1n) is 6.72. The van der Waals surface area contributed by atoms with Crippen LogP contribution in [0.2, 0.25) is 0 Å². The van der Waals surface area contributed by atoms with Crippen LogP contribution in [-0.4, -0.2) is 32.6 Å². The van der Waals surface area contributed by atoms with E-state index < -0.39 is 22.8 Å². The van der Waals surface area contributed by atoms with Gasteiger partial charge in [0.05, 0.1) is 4.92 Å². The van der Waals surface area contributed by atoms with Crippen LogP contribution in [0.5, 0.6) is 0 Å². The van der Waals surface area contributed by atoms with Crippen LogP contribution in [0.1, 0.15) is 17.3 Å². The van der Waals surface area contributed by atoms with Crippen LogP contribution < -0.4 is 10.6 Å². The predicted octanol–water partition coefficient (Wildman–Crippen LogP) is 1.09. The Bertz CT molecular complexity index is 755. The van der Waals surface area contributed by atoms with Crippen LogP contribution in [0, 0.1) is 10.1 Å². The van der Waals surface area contributed by atoms with Crippen molar-refractivity contribution in [3.05, 3.63) is 52.2 Å². The van der Waals surface area contributed by atoms with E-state index in [0.717, 1.165) is 6.07 Å². The third kappa shape index (κ3) is 4.13. The standard InChI is InChI=1S/C14H15N5O4/c1-9(13(20)16-12-6-7-18(2)17-12)15-14(21)10-4-3-5-11(8-10)19(22)23/h3-9H,1-2H3,(H,15,21)(H,16,17,20). The SMILES string of the molecule is CC(NC(=O)c1cccc([N+](=O)[O-])c1)C(=O)Nc1ccn(C)n1. The molecule has 1 aromatic carbocycles. The average Bonchev–Trinajstić information content (AvgIpc) is 2.92. The van der Waals surface area contributed by atoms with Gasteiger partial charge in [0, 0.05) is 37.0 Å². The van der Waals surface area contributed by atoms with Gasteiger partial charge in [0.15, 0.2) is 5.82 Å². The van der Waals surface area contributed by atoms with Crippen molar-refractivity contribution in [3.63, 3.8) is 0 Å². The highest BCUT2D eigenvalue weighted by atomic mass is 16.6. The van der Waals surface area contributed by atoms with Crippen LogP contribution >= 0.6 is 0 Å². The summed E-state index contributed by atoms with van der Waals surface area (Å²) in [7, 11) is 1.71. The highest BCUT2D eigenvalue weighted by Gasteiger charge is 2.18. The van der Waals surface area contributed by atoms with Crippen LogP contribution in [0.4, 0.5) is 11.5 Å². The third-order valence-electron chi connectivity index (χ3n) is 3.02. The molecule has 2 rings (SSSR count). The lowest BCUT2D eigenvalue weighted by atomic mass is 10.1. The van der Waals surface area contributed by atoms with Crippen LogP contribution in [-0.2, 0) is 11.8 Å². The third-order valence-corrected chi connectivity index (χ3v) is 3.02. The largest absolute Gasteiger partial charge is 0.341 e. The highest BCUT2D eigenvalue weighted by molar-refractivity contribution is 6.00. The molecule has 120 valence electrons. The molecule has 2 aromatic rings. The Balaban J connectivity index is 2.00. The maximum atomic E-state index is 12.1. The fourth-order valence-corrected chi connectivity index (χ4v) is 1.82. The highest BCUT2D eigenvalue weighted by Crippen LogP contribution is 2.13. The van der Waals surface area contributed by atoms with Gasteiger partial charge in [-0.2, -0.15) is 5.10 Å². The molecule has 0 aliphatic heterocycles. The normalized spacial score (nSPS) is 11.6. The Hall–Kier alpha value is -3.23. The van der Waals surface area contributed by atoms with E-state index in [4.69, 9.17) is 0 Å². The number of nitrogens with zero attached hydrogens (tertiary/aromatic N) is 3. The zero-order valence-corrected chi connectivity index (χ0v) is 12.5. The number of amides is 2. The smallest absolute Gasteiger partial charge is 0.270 e. The fraction of sp³-hybridized carbons (Fsp3) is 0.214. The molecular formula is C14H15N5O4. The molecule has 9 nitrogen and oxygen atoms in total. The van der Waals surface area contributed by atoms with Crippen molar-refractivity contribution in [3.8, 4) is 0 Å². The van der Waals surface area contributed by atoms with Gasteiger partial charge >= 0.3 is 0 Å². The van der Waals surface area contributed by atoms with Crippen molar-refractivity contribution < 1.29 is 14.5 Å². The molecule has 0 saturated carbocycles. The molecule has 1 aromatic heterocycles. The summed E-state index contributed by atoms with van der Waals surface area (Å²) in [5.74, 6) is -0.645. The first kappa shape index (κ1) is 16.1. The van der Waals surface area contributed by atoms with Gasteiger partial charge in [-0.1, -0.05) is 6.07 Å². The van der Waals surface area contributed by atoms with Crippen molar-refractivity contribution in [2.75, 3.05) is 5.32 Å². The van der Waals surface area contributed by atoms with Gasteiger partial charge in [0.25, 0.3) is 11.6 Å². The number of carbonyl (C=O) groups excluding carboxylic acids is 2. The van der Waals surface area contributed by atoms with E-state index in [2.05, 4.69) is 15.7 Å². The second-order valence-corrected chi connectivity index (χ2v) is 4.87. The fourth-order valence-electron chi connectivity index (χ4n) is 1.82. The molecule has 1 unspecified atom stereocenters. The van der Waals surface area contributed by atoms with Gasteiger partial charge < -0.3 is 10.6 Å². The number of anilines is 1. The number of nitro groups is 1. The van der Waals surface area contributed by atoms with E-state index in [1.54, 1.807) is 19.3 Å². The van der Waals surface area contributed by atoms with Gasteiger partial charge in [-0.25, -0.2) is 0 Å². The molecule has 2 N–H and O–H groups in total. The van der Waals surface area contributed by atoms with Gasteiger partial charge in [0.1, 0.15) is 6.04 Å². The summed E-state index contributed by atoms with van der Waals surface area (Å²) in [5.41, 5.74) is -0.0834. The van der Waals surface area contributed by atoms with Crippen molar-refractivity contribution in [1.29, 1.82) is 0 Å². The molecule has 9 heteroatoms. The lowest BCUT2D eigenvalue weighted by Gasteiger charge is -2.13. The number of aryl methyl sites for hydroxylation is 1. The predicted molar refractivity (Wildman–Crippen MR) is 81.9 cm³/mol. The minimum absolute atomic E-state index is 0.108. The Morgan fingerprint density at radius 2 is 2.09 bits per heavy atom. The maximum absolute atomic E-state index is 12.1. The van der Waals surface area contributed by atoms with Crippen LogP contribution in [0.15, 0.2) is 36.5 Å². The molecular weight excluding hydrogens is 302 g/mol. The Morgan fingerprint density at radius 3 is 2.70 bits per heavy atom. The molecule has 0 aliphatic carbocycles. The molecule has 2 amide bonds. The van der Waals surface area contributed by atoms with Gasteiger partial charge in [0.2, 0.25) is 5.91 Å². The molecule has 0 saturated heterocycles. The summed E-state index contributed by atoms with van der Waals surface area (Å²) < 4.78 is 1.53. The zero-order valence-electron chi connectivity index (χ0n) is 12.5. The van der Waals surface area contributed by atoms with Crippen molar-refractivity contribution >= 4 is 23.3 Å². The Labute approximate surface area is 131 Å². The molecule has 0 bridgehead atoms. The number of benzene rings is 1. The van der Waals surface area contributed by atoms with Gasteiger partial charge in [-0.15, -0.1) is 0 Å². The van der Waals surface area contributed by atoms with Gasteiger partial charge in [-0.05, 0) is 13.0 Å². The maximum Gasteiger partial charge on any atom is 0.270 e. The molecule has 23 heavy (non-hydrogen) atoms. The van der Waals surface area contributed by atoms with Crippen molar-refractivity contribution in [2.24, 2.45) is 7.05 Å². The Morgan fingerprint density at radius 1 is 1.35 bits per heavy atom. The number of nitrogens with one attached hydrogen (secondary N) is 2. The topological polar surface area (TPSA) is 119 Å². The van der Waals surface area contributed by atoms with Crippen LogP contribution in [0.3, 0.4) is 0 Å². The molecule has 1 heterocycles. The second-order valence-electron chi connectivity index (χ2n) is 4.87. The van der Waals surface area contributed by atoms with E-state index >= 15 is 0 Å². The quantitative estimate of drug-likeness (QED) is 0.632. The zero-order chi connectivity index (χ0) is 17.0. The van der Waals surface area contributed by atoms with E-state index in [1.807, 2.05) is 0 Å². The lowest BCUT2D eigenvalue weighted by molar-refractivity contribution is -0.384. The first-order valence-corrected chi connectivity index (χ1v) is 6.72. The van der Waals surface area contributed by atoms with Crippen molar-refractivity contribution in [2.45, 2.75) is 13.0 Å². The van der Waals surface area contributed by atoms with Crippen LogP contribution in [0.25, 0.3) is 0 Å². The summed E-state index contributed by atoms with van der Waals surface area (Å²) in [4.78, 5) is 34.2. The molecule has 0 radical (unpaired) electrons. The van der Waals surface area contributed by atoms with E-state index in [9.17, 15) is 19.7 Å². The number of aromatic nitrogens is 2. The number of rotatable bonds is 5. The summed E-state index contributed by atoms with van der Waals surface area (Å²) in [6, 6.07) is 6.07. The molecule has 0 aliphatic rings. The van der Waals surface area contributed by atoms with E-state index in [-0.39, 0.29) is 11.3 Å². The minimum Gasteiger partial charge on any atom is -0.341 e. The summed E-state index contributed by atoms with van der Waals surface area (Å²) >= 11 is 0. The van der Waals surface area contributed by atoms with E-state index in [1.165, 1.54) is 29.8 Å². The number of non-ortho nitro benzene ring substituents is 1. The first-order chi connectivity index (χ1) is 10.9. The summed E-state index contributed by atoms with van der Waals surface area (Å²) in [6.07, 6.45) is 1.67. The monoisotopic (exact) mass is 317 g/mol. The number of nitro benzene ring substituents is 1. The molecule has 1 atom stereocenters. The summed E-state index contributed by atoms with van der Waals surface area (Å²) in [6.45, 7) is 1.51. The minimum atomic E-state index is -0.830. The number of hydrogen-bond acceptors (Lipinski definition) is 5. The lowest BCUT2D eigenvalue weighted by Crippen LogP contribution is -2.41. The molecule has 0 fully saturated rings. The van der Waals surface area contributed by atoms with E-state index in [0.29, 0.717) is 5.82 Å². The average molecular weight is 317 g/mol.